The fourth-order valence-corrected chi connectivity index (χ4v) is 1.48. The number of nitrogens with one attached hydrogen (secondary N) is 1. The van der Waals surface area contributed by atoms with Crippen LogP contribution >= 0.6 is 11.6 Å². The lowest BCUT2D eigenvalue weighted by molar-refractivity contribution is 0.950. The summed E-state index contributed by atoms with van der Waals surface area (Å²) < 4.78 is 0. The molecule has 5 heteroatoms. The Kier molecular flexibility index (Phi) is 3.31. The molecule has 0 fully saturated rings. The van der Waals surface area contributed by atoms with Crippen molar-refractivity contribution in [2.75, 3.05) is 5.32 Å². The van der Waals surface area contributed by atoms with Crippen LogP contribution in [0.3, 0.4) is 0 Å². The zero-order chi connectivity index (χ0) is 11.4. The molecular weight excluding hydrogens is 224 g/mol. The number of nitrogens with zero attached hydrogens (tertiary/aromatic N) is 3. The molecule has 0 unspecified atom stereocenters. The van der Waals surface area contributed by atoms with Crippen LogP contribution in [-0.4, -0.2) is 15.0 Å². The van der Waals surface area contributed by atoms with E-state index in [4.69, 9.17) is 11.6 Å². The summed E-state index contributed by atoms with van der Waals surface area (Å²) in [6, 6.07) is 5.45. The van der Waals surface area contributed by atoms with Crippen molar-refractivity contribution in [3.63, 3.8) is 0 Å². The van der Waals surface area contributed by atoms with E-state index < -0.39 is 0 Å². The van der Waals surface area contributed by atoms with Crippen LogP contribution in [-0.2, 0) is 6.54 Å². The maximum Gasteiger partial charge on any atom is 0.145 e. The highest BCUT2D eigenvalue weighted by molar-refractivity contribution is 6.32. The third-order valence-corrected chi connectivity index (χ3v) is 2.33. The van der Waals surface area contributed by atoms with E-state index in [2.05, 4.69) is 20.3 Å². The fraction of sp³-hybridized carbons (Fsp3) is 0.182. The average Bonchev–Trinajstić information content (AvgIpc) is 2.28. The van der Waals surface area contributed by atoms with E-state index in [0.717, 1.165) is 11.5 Å². The SMILES string of the molecule is Cc1nccc(CNc2ncccc2Cl)n1. The van der Waals surface area contributed by atoms with Gasteiger partial charge in [-0.2, -0.15) is 0 Å². The van der Waals surface area contributed by atoms with Crippen molar-refractivity contribution in [1.29, 1.82) is 0 Å². The minimum absolute atomic E-state index is 0.583. The molecule has 0 amide bonds. The molecule has 0 saturated heterocycles. The quantitative estimate of drug-likeness (QED) is 0.886. The Morgan fingerprint density at radius 3 is 2.88 bits per heavy atom. The van der Waals surface area contributed by atoms with Crippen molar-refractivity contribution in [3.05, 3.63) is 47.1 Å². The first-order chi connectivity index (χ1) is 7.75. The lowest BCUT2D eigenvalue weighted by atomic mass is 10.4. The number of rotatable bonds is 3. The van der Waals surface area contributed by atoms with Gasteiger partial charge in [0.25, 0.3) is 0 Å². The highest BCUT2D eigenvalue weighted by Gasteiger charge is 2.00. The molecule has 0 radical (unpaired) electrons. The second kappa shape index (κ2) is 4.90. The van der Waals surface area contributed by atoms with Crippen LogP contribution < -0.4 is 5.32 Å². The normalized spacial score (nSPS) is 10.1. The van der Waals surface area contributed by atoms with E-state index in [0.29, 0.717) is 17.4 Å². The molecule has 2 aromatic rings. The predicted molar refractivity (Wildman–Crippen MR) is 63.3 cm³/mol. The zero-order valence-electron chi connectivity index (χ0n) is 8.81. The average molecular weight is 235 g/mol. The number of hydrogen-bond donors (Lipinski definition) is 1. The third kappa shape index (κ3) is 2.67. The Hall–Kier alpha value is -1.68. The van der Waals surface area contributed by atoms with Crippen LogP contribution in [0, 0.1) is 6.92 Å². The van der Waals surface area contributed by atoms with Gasteiger partial charge in [0, 0.05) is 12.4 Å². The molecule has 2 rings (SSSR count). The van der Waals surface area contributed by atoms with Gasteiger partial charge in [-0.05, 0) is 25.1 Å². The molecule has 0 aliphatic carbocycles. The third-order valence-electron chi connectivity index (χ3n) is 2.03. The van der Waals surface area contributed by atoms with Crippen LogP contribution in [0.2, 0.25) is 5.02 Å². The first-order valence-electron chi connectivity index (χ1n) is 4.88. The van der Waals surface area contributed by atoms with Crippen LogP contribution in [0.1, 0.15) is 11.5 Å². The van der Waals surface area contributed by atoms with Crippen LogP contribution in [0.4, 0.5) is 5.82 Å². The van der Waals surface area contributed by atoms with E-state index >= 15 is 0 Å². The van der Waals surface area contributed by atoms with Crippen LogP contribution in [0.5, 0.6) is 0 Å². The van der Waals surface area contributed by atoms with Gasteiger partial charge in [0.05, 0.1) is 17.3 Å². The van der Waals surface area contributed by atoms with Crippen molar-refractivity contribution in [2.45, 2.75) is 13.5 Å². The molecule has 4 nitrogen and oxygen atoms in total. The summed E-state index contributed by atoms with van der Waals surface area (Å²) in [5, 5.41) is 3.73. The zero-order valence-corrected chi connectivity index (χ0v) is 9.57. The first-order valence-corrected chi connectivity index (χ1v) is 5.26. The number of hydrogen-bond acceptors (Lipinski definition) is 4. The van der Waals surface area contributed by atoms with Crippen molar-refractivity contribution in [1.82, 2.24) is 15.0 Å². The standard InChI is InChI=1S/C11H11ClN4/c1-8-13-6-4-9(16-8)7-15-11-10(12)3-2-5-14-11/h2-6H,7H2,1H3,(H,14,15). The molecule has 0 bridgehead atoms. The van der Waals surface area contributed by atoms with Crippen LogP contribution in [0.25, 0.3) is 0 Å². The van der Waals surface area contributed by atoms with Gasteiger partial charge in [0.15, 0.2) is 0 Å². The summed E-state index contributed by atoms with van der Waals surface area (Å²) in [4.78, 5) is 12.4. The van der Waals surface area contributed by atoms with Gasteiger partial charge in [-0.3, -0.25) is 0 Å². The second-order valence-electron chi connectivity index (χ2n) is 3.28. The summed E-state index contributed by atoms with van der Waals surface area (Å²) in [5.74, 6) is 1.42. The lowest BCUT2D eigenvalue weighted by Crippen LogP contribution is -2.04. The largest absolute Gasteiger partial charge is 0.363 e. The highest BCUT2D eigenvalue weighted by Crippen LogP contribution is 2.17. The summed E-state index contributed by atoms with van der Waals surface area (Å²) in [7, 11) is 0. The summed E-state index contributed by atoms with van der Waals surface area (Å²) in [6.45, 7) is 2.44. The number of anilines is 1. The topological polar surface area (TPSA) is 50.7 Å². The Morgan fingerprint density at radius 2 is 2.12 bits per heavy atom. The highest BCUT2D eigenvalue weighted by atomic mass is 35.5. The molecular formula is C11H11ClN4. The van der Waals surface area contributed by atoms with E-state index in [1.54, 1.807) is 24.5 Å². The Bertz CT molecular complexity index is 487. The number of aryl methyl sites for hydroxylation is 1. The van der Waals surface area contributed by atoms with Gasteiger partial charge >= 0.3 is 0 Å². The minimum Gasteiger partial charge on any atom is -0.363 e. The lowest BCUT2D eigenvalue weighted by Gasteiger charge is -2.06. The van der Waals surface area contributed by atoms with Crippen molar-refractivity contribution in [2.24, 2.45) is 0 Å². The molecule has 0 spiro atoms. The van der Waals surface area contributed by atoms with Gasteiger partial charge in [-0.25, -0.2) is 15.0 Å². The second-order valence-corrected chi connectivity index (χ2v) is 3.69. The Morgan fingerprint density at radius 1 is 1.25 bits per heavy atom. The minimum atomic E-state index is 0.583. The van der Waals surface area contributed by atoms with E-state index in [1.165, 1.54) is 0 Å². The Labute approximate surface area is 98.7 Å². The molecule has 0 aromatic carbocycles. The number of halogens is 1. The molecule has 2 aromatic heterocycles. The summed E-state index contributed by atoms with van der Waals surface area (Å²) in [6.07, 6.45) is 3.43. The molecule has 16 heavy (non-hydrogen) atoms. The van der Waals surface area contributed by atoms with Gasteiger partial charge in [-0.15, -0.1) is 0 Å². The summed E-state index contributed by atoms with van der Waals surface area (Å²) in [5.41, 5.74) is 0.911. The molecule has 0 aliphatic rings. The van der Waals surface area contributed by atoms with E-state index in [-0.39, 0.29) is 0 Å². The van der Waals surface area contributed by atoms with Gasteiger partial charge < -0.3 is 5.32 Å². The maximum absolute atomic E-state index is 5.96. The summed E-state index contributed by atoms with van der Waals surface area (Å²) >= 11 is 5.96. The van der Waals surface area contributed by atoms with Crippen LogP contribution in [0.15, 0.2) is 30.6 Å². The fourth-order valence-electron chi connectivity index (χ4n) is 1.29. The van der Waals surface area contributed by atoms with E-state index in [9.17, 15) is 0 Å². The monoisotopic (exact) mass is 234 g/mol. The molecule has 1 N–H and O–H groups in total. The molecule has 82 valence electrons. The predicted octanol–water partition coefficient (Wildman–Crippen LogP) is 2.45. The van der Waals surface area contributed by atoms with Gasteiger partial charge in [0.1, 0.15) is 11.6 Å². The van der Waals surface area contributed by atoms with Gasteiger partial charge in [0.2, 0.25) is 0 Å². The molecule has 0 atom stereocenters. The number of aromatic nitrogens is 3. The van der Waals surface area contributed by atoms with Crippen molar-refractivity contribution in [3.8, 4) is 0 Å². The van der Waals surface area contributed by atoms with Gasteiger partial charge in [-0.1, -0.05) is 11.6 Å². The molecule has 2 heterocycles. The first kappa shape index (κ1) is 10.8. The Balaban J connectivity index is 2.05. The maximum atomic E-state index is 5.96. The number of pyridine rings is 1. The smallest absolute Gasteiger partial charge is 0.145 e. The molecule has 0 saturated carbocycles. The molecule has 0 aliphatic heterocycles. The van der Waals surface area contributed by atoms with Crippen molar-refractivity contribution < 1.29 is 0 Å². The van der Waals surface area contributed by atoms with E-state index in [1.807, 2.05) is 13.0 Å². The van der Waals surface area contributed by atoms with Crippen molar-refractivity contribution >= 4 is 17.4 Å².